The van der Waals surface area contributed by atoms with Crippen molar-refractivity contribution in [3.63, 3.8) is 0 Å². The van der Waals surface area contributed by atoms with E-state index in [1.807, 2.05) is 24.3 Å². The van der Waals surface area contributed by atoms with Crippen molar-refractivity contribution in [1.82, 2.24) is 10.3 Å². The molecule has 0 saturated heterocycles. The Balaban J connectivity index is 0.00000288. The third-order valence-corrected chi connectivity index (χ3v) is 3.56. The molecule has 1 aromatic carbocycles. The number of hydrogen-bond donors (Lipinski definition) is 2. The Hall–Kier alpha value is -1.83. The molecule has 0 aliphatic carbocycles. The molecule has 0 aliphatic heterocycles. The molecule has 24 heavy (non-hydrogen) atoms. The van der Waals surface area contributed by atoms with Crippen LogP contribution >= 0.6 is 0 Å². The maximum absolute atomic E-state index is 11.8. The number of nitrogens with one attached hydrogen (secondary N) is 2. The fourth-order valence-electron chi connectivity index (χ4n) is 2.39. The van der Waals surface area contributed by atoms with Crippen molar-refractivity contribution in [3.05, 3.63) is 36.0 Å². The van der Waals surface area contributed by atoms with Gasteiger partial charge in [-0.25, -0.2) is 4.79 Å². The van der Waals surface area contributed by atoms with Crippen molar-refractivity contribution < 1.29 is 53.8 Å². The average Bonchev–Trinajstić information content (AvgIpc) is 2.95. The third kappa shape index (κ3) is 5.36. The van der Waals surface area contributed by atoms with Crippen LogP contribution in [0.5, 0.6) is 0 Å². The summed E-state index contributed by atoms with van der Waals surface area (Å²) in [5, 5.41) is 14.5. The molecule has 1 atom stereocenters. The van der Waals surface area contributed by atoms with Gasteiger partial charge in [0.05, 0.1) is 13.7 Å². The number of Topliss-reactive ketones (excluding diaryl/α,β-unsaturated/α-hetero) is 1. The van der Waals surface area contributed by atoms with Gasteiger partial charge >= 0.3 is 35.7 Å². The maximum atomic E-state index is 11.8. The molecule has 0 spiro atoms. The van der Waals surface area contributed by atoms with E-state index in [-0.39, 0.29) is 48.9 Å². The summed E-state index contributed by atoms with van der Waals surface area (Å²) in [6.45, 7) is -0.273. The van der Waals surface area contributed by atoms with E-state index in [1.165, 1.54) is 7.11 Å². The number of amides is 1. The zero-order valence-corrected chi connectivity index (χ0v) is 15.6. The van der Waals surface area contributed by atoms with Gasteiger partial charge in [0, 0.05) is 35.4 Å². The van der Waals surface area contributed by atoms with Gasteiger partial charge in [-0.15, -0.1) is 0 Å². The number of rotatable bonds is 7. The Kier molecular flexibility index (Phi) is 7.97. The van der Waals surface area contributed by atoms with Gasteiger partial charge in [-0.05, 0) is 18.1 Å². The number of carbonyl (C=O) groups is 3. The summed E-state index contributed by atoms with van der Waals surface area (Å²) in [6.07, 6.45) is 0.958. The van der Waals surface area contributed by atoms with E-state index < -0.39 is 23.8 Å². The molecule has 122 valence electrons. The minimum absolute atomic E-state index is 0. The van der Waals surface area contributed by atoms with Crippen LogP contribution in [0.3, 0.4) is 0 Å². The molecule has 0 fully saturated rings. The monoisotopic (exact) mass is 340 g/mol. The van der Waals surface area contributed by atoms with Crippen LogP contribution in [-0.2, 0) is 20.7 Å². The smallest absolute Gasteiger partial charge is 0.550 e. The summed E-state index contributed by atoms with van der Waals surface area (Å²) in [5.74, 6) is -2.65. The molecular weight excluding hydrogens is 323 g/mol. The molecule has 0 bridgehead atoms. The van der Waals surface area contributed by atoms with Gasteiger partial charge in [0.15, 0.2) is 5.78 Å². The van der Waals surface area contributed by atoms with Gasteiger partial charge in [0.25, 0.3) is 0 Å². The van der Waals surface area contributed by atoms with Gasteiger partial charge in [-0.1, -0.05) is 18.2 Å². The number of alkyl carbamates (subject to hydrolysis) is 1. The van der Waals surface area contributed by atoms with Crippen LogP contribution in [0.15, 0.2) is 30.5 Å². The summed E-state index contributed by atoms with van der Waals surface area (Å²) in [7, 11) is 1.18. The maximum Gasteiger partial charge on any atom is 1.00 e. The van der Waals surface area contributed by atoms with E-state index >= 15 is 0 Å². The fraction of sp³-hybridized carbons (Fsp3) is 0.312. The van der Waals surface area contributed by atoms with Crippen molar-refractivity contribution in [3.8, 4) is 0 Å². The molecule has 1 heterocycles. The van der Waals surface area contributed by atoms with Crippen LogP contribution < -0.4 is 40.0 Å². The number of aromatic amines is 1. The molecule has 2 aromatic rings. The Morgan fingerprint density at radius 1 is 1.29 bits per heavy atom. The predicted octanol–water partition coefficient (Wildman–Crippen LogP) is -2.60. The Morgan fingerprint density at radius 3 is 2.67 bits per heavy atom. The number of hydrogen-bond acceptors (Lipinski definition) is 5. The number of carbonyl (C=O) groups excluding carboxylic acids is 3. The van der Waals surface area contributed by atoms with E-state index in [9.17, 15) is 19.5 Å². The predicted molar refractivity (Wildman–Crippen MR) is 80.5 cm³/mol. The number of carboxylic acid groups (broad SMARTS) is 1. The second kappa shape index (κ2) is 9.46. The van der Waals surface area contributed by atoms with Crippen LogP contribution in [-0.4, -0.2) is 36.5 Å². The van der Waals surface area contributed by atoms with Crippen molar-refractivity contribution in [2.75, 3.05) is 13.7 Å². The van der Waals surface area contributed by atoms with E-state index in [1.54, 1.807) is 6.20 Å². The molecule has 0 radical (unpaired) electrons. The largest absolute Gasteiger partial charge is 1.00 e. The number of fused-ring (bicyclic) bond motifs is 1. The number of benzene rings is 1. The SMILES string of the molecule is COC(=O)NCC(=O)CC(Cc1c[nH]c2ccccc12)C(=O)[O-].[Na+]. The Labute approximate surface area is 161 Å². The number of ether oxygens (including phenoxy) is 1. The summed E-state index contributed by atoms with van der Waals surface area (Å²) in [5.41, 5.74) is 1.71. The molecule has 8 heteroatoms. The van der Waals surface area contributed by atoms with Crippen LogP contribution in [0.2, 0.25) is 0 Å². The molecule has 1 amide bonds. The topological polar surface area (TPSA) is 111 Å². The summed E-state index contributed by atoms with van der Waals surface area (Å²) in [4.78, 5) is 37.1. The van der Waals surface area contributed by atoms with Gasteiger partial charge in [0.1, 0.15) is 0 Å². The molecule has 0 saturated carbocycles. The normalized spacial score (nSPS) is 11.4. The first-order chi connectivity index (χ1) is 11.0. The number of H-pyrrole nitrogens is 1. The summed E-state index contributed by atoms with van der Waals surface area (Å²) in [6, 6.07) is 7.51. The van der Waals surface area contributed by atoms with Crippen LogP contribution in [0.4, 0.5) is 4.79 Å². The number of para-hydroxylation sites is 1. The molecule has 7 nitrogen and oxygen atoms in total. The first-order valence-electron chi connectivity index (χ1n) is 7.10. The third-order valence-electron chi connectivity index (χ3n) is 3.56. The van der Waals surface area contributed by atoms with Gasteiger partial charge in [0.2, 0.25) is 0 Å². The van der Waals surface area contributed by atoms with E-state index in [0.717, 1.165) is 16.5 Å². The van der Waals surface area contributed by atoms with Crippen molar-refractivity contribution in [1.29, 1.82) is 0 Å². The van der Waals surface area contributed by atoms with E-state index in [0.29, 0.717) is 0 Å². The van der Waals surface area contributed by atoms with Crippen LogP contribution in [0, 0.1) is 5.92 Å². The number of carboxylic acids is 1. The van der Waals surface area contributed by atoms with Crippen LogP contribution in [0.1, 0.15) is 12.0 Å². The molecule has 0 aliphatic rings. The summed E-state index contributed by atoms with van der Waals surface area (Å²) >= 11 is 0. The minimum atomic E-state index is -1.29. The number of aliphatic carboxylic acids is 1. The first-order valence-corrected chi connectivity index (χ1v) is 7.10. The second-order valence-corrected chi connectivity index (χ2v) is 5.17. The van der Waals surface area contributed by atoms with Crippen molar-refractivity contribution in [2.45, 2.75) is 12.8 Å². The van der Waals surface area contributed by atoms with Gasteiger partial charge < -0.3 is 24.9 Å². The number of ketones is 1. The Morgan fingerprint density at radius 2 is 2.00 bits per heavy atom. The quantitative estimate of drug-likeness (QED) is 0.537. The number of aromatic nitrogens is 1. The summed E-state index contributed by atoms with van der Waals surface area (Å²) < 4.78 is 4.35. The van der Waals surface area contributed by atoms with E-state index in [2.05, 4.69) is 15.0 Å². The van der Waals surface area contributed by atoms with Gasteiger partial charge in [-0.3, -0.25) is 4.79 Å². The molecule has 2 N–H and O–H groups in total. The van der Waals surface area contributed by atoms with Crippen molar-refractivity contribution in [2.24, 2.45) is 5.92 Å². The molecule has 1 unspecified atom stereocenters. The Bertz CT molecular complexity index is 728. The first kappa shape index (κ1) is 20.2. The molecular formula is C16H17N2NaO5. The van der Waals surface area contributed by atoms with Gasteiger partial charge in [-0.2, -0.15) is 0 Å². The number of methoxy groups -OCH3 is 1. The second-order valence-electron chi connectivity index (χ2n) is 5.17. The standard InChI is InChI=1S/C16H18N2O5.Na/c1-23-16(22)18-9-12(19)7-10(15(20)21)6-11-8-17-14-5-3-2-4-13(11)14;/h2-5,8,10,17H,6-7,9H2,1H3,(H,18,22)(H,20,21);/q;+1/p-1. The van der Waals surface area contributed by atoms with Crippen molar-refractivity contribution >= 4 is 28.7 Å². The fourth-order valence-corrected chi connectivity index (χ4v) is 2.39. The van der Waals surface area contributed by atoms with E-state index in [4.69, 9.17) is 0 Å². The van der Waals surface area contributed by atoms with Crippen LogP contribution in [0.25, 0.3) is 10.9 Å². The minimum Gasteiger partial charge on any atom is -0.550 e. The molecule has 2 rings (SSSR count). The molecule has 1 aromatic heterocycles. The zero-order chi connectivity index (χ0) is 16.8. The zero-order valence-electron chi connectivity index (χ0n) is 13.6. The average molecular weight is 340 g/mol.